The summed E-state index contributed by atoms with van der Waals surface area (Å²) in [5.41, 5.74) is 10.5. The van der Waals surface area contributed by atoms with Crippen LogP contribution in [0.4, 0.5) is 17.6 Å². The van der Waals surface area contributed by atoms with Gasteiger partial charge in [0.05, 0.1) is 0 Å². The van der Waals surface area contributed by atoms with Crippen LogP contribution in [0.2, 0.25) is 0 Å². The molecule has 0 amide bonds. The maximum atomic E-state index is 11.4. The SMILES string of the molecule is CC1Cc2ccc(-c3ccnc(C(=O)O)c3)cc2C(I)N1c1cc(N2CCN(C)CC2)nc(N)n1. The van der Waals surface area contributed by atoms with Crippen molar-refractivity contribution in [1.29, 1.82) is 0 Å². The van der Waals surface area contributed by atoms with Crippen LogP contribution in [0.3, 0.4) is 0 Å². The molecular formula is C25H28IN7O2. The van der Waals surface area contributed by atoms with Crippen molar-refractivity contribution in [3.8, 4) is 11.1 Å². The molecule has 5 rings (SSSR count). The van der Waals surface area contributed by atoms with Gasteiger partial charge in [-0.3, -0.25) is 0 Å². The monoisotopic (exact) mass is 585 g/mol. The summed E-state index contributed by atoms with van der Waals surface area (Å²) in [7, 11) is 2.13. The second-order valence-electron chi connectivity index (χ2n) is 9.18. The molecule has 3 N–H and O–H groups in total. The van der Waals surface area contributed by atoms with Gasteiger partial charge in [-0.05, 0) is 60.8 Å². The maximum absolute atomic E-state index is 11.4. The van der Waals surface area contributed by atoms with Crippen molar-refractivity contribution in [2.24, 2.45) is 0 Å². The van der Waals surface area contributed by atoms with Crippen LogP contribution in [0.5, 0.6) is 0 Å². The number of aromatic nitrogens is 3. The third-order valence-corrected chi connectivity index (χ3v) is 8.03. The first-order valence-electron chi connectivity index (χ1n) is 11.6. The molecule has 0 saturated carbocycles. The second kappa shape index (κ2) is 9.57. The van der Waals surface area contributed by atoms with Crippen molar-refractivity contribution >= 4 is 46.1 Å². The molecule has 9 nitrogen and oxygen atoms in total. The summed E-state index contributed by atoms with van der Waals surface area (Å²) in [6.45, 7) is 6.00. The molecule has 10 heteroatoms. The zero-order chi connectivity index (χ0) is 24.7. The van der Waals surface area contributed by atoms with Crippen LogP contribution in [-0.2, 0) is 6.42 Å². The zero-order valence-electron chi connectivity index (χ0n) is 19.7. The molecule has 1 saturated heterocycles. The van der Waals surface area contributed by atoms with E-state index in [0.717, 1.165) is 55.4 Å². The normalized spacial score (nSPS) is 20.5. The molecule has 182 valence electrons. The maximum Gasteiger partial charge on any atom is 0.354 e. The van der Waals surface area contributed by atoms with Crippen LogP contribution in [0.15, 0.2) is 42.6 Å². The smallest absolute Gasteiger partial charge is 0.354 e. The molecule has 2 aliphatic heterocycles. The van der Waals surface area contributed by atoms with Gasteiger partial charge in [0.1, 0.15) is 21.4 Å². The molecule has 4 heterocycles. The minimum Gasteiger partial charge on any atom is -0.477 e. The number of rotatable bonds is 4. The van der Waals surface area contributed by atoms with E-state index in [1.54, 1.807) is 6.07 Å². The number of halogens is 1. The summed E-state index contributed by atoms with van der Waals surface area (Å²) < 4.78 is 0.0294. The average molecular weight is 585 g/mol. The van der Waals surface area contributed by atoms with Crippen molar-refractivity contribution in [1.82, 2.24) is 19.9 Å². The number of fused-ring (bicyclic) bond motifs is 1. The number of aromatic carboxylic acids is 1. The van der Waals surface area contributed by atoms with Gasteiger partial charge in [0, 0.05) is 44.5 Å². The number of nitrogens with zero attached hydrogens (tertiary/aromatic N) is 6. The standard InChI is InChI=1S/C25H28IN7O2/c1-15-11-18-4-3-16(17-5-6-28-20(13-17)24(34)35)12-19(18)23(26)33(15)22-14-21(29-25(27)30-22)32-9-7-31(2)8-10-32/h3-6,12-15,23H,7-11H2,1-2H3,(H,34,35)(H2,27,29,30). The highest BCUT2D eigenvalue weighted by Gasteiger charge is 2.32. The van der Waals surface area contributed by atoms with Crippen LogP contribution in [0.1, 0.15) is 32.6 Å². The third kappa shape index (κ3) is 4.76. The molecule has 2 unspecified atom stereocenters. The van der Waals surface area contributed by atoms with Gasteiger partial charge in [-0.2, -0.15) is 9.97 Å². The van der Waals surface area contributed by atoms with Crippen LogP contribution in [-0.4, -0.2) is 70.2 Å². The van der Waals surface area contributed by atoms with E-state index in [4.69, 9.17) is 5.73 Å². The molecule has 35 heavy (non-hydrogen) atoms. The fraction of sp³-hybridized carbons (Fsp3) is 0.360. The largest absolute Gasteiger partial charge is 0.477 e. The fourth-order valence-electron chi connectivity index (χ4n) is 4.81. The predicted molar refractivity (Wildman–Crippen MR) is 145 cm³/mol. The highest BCUT2D eigenvalue weighted by atomic mass is 127. The summed E-state index contributed by atoms with van der Waals surface area (Å²) in [6, 6.07) is 12.1. The lowest BCUT2D eigenvalue weighted by atomic mass is 9.91. The minimum atomic E-state index is -1.03. The Hall–Kier alpha value is -2.99. The van der Waals surface area contributed by atoms with Gasteiger partial charge in [0.25, 0.3) is 0 Å². The highest BCUT2D eigenvalue weighted by molar-refractivity contribution is 14.1. The number of likely N-dealkylation sites (N-methyl/N-ethyl adjacent to an activating group) is 1. The van der Waals surface area contributed by atoms with Crippen molar-refractivity contribution in [2.45, 2.75) is 23.4 Å². The number of hydrogen-bond acceptors (Lipinski definition) is 8. The number of nitrogens with two attached hydrogens (primary N) is 1. The molecule has 3 aromatic rings. The Morgan fingerprint density at radius 3 is 2.51 bits per heavy atom. The van der Waals surface area contributed by atoms with Crippen molar-refractivity contribution in [3.63, 3.8) is 0 Å². The lowest BCUT2D eigenvalue weighted by molar-refractivity contribution is 0.0690. The Balaban J connectivity index is 1.49. The number of carbonyl (C=O) groups is 1. The lowest BCUT2D eigenvalue weighted by Gasteiger charge is -2.41. The number of nitrogen functional groups attached to an aromatic ring is 1. The van der Waals surface area contributed by atoms with E-state index in [1.807, 2.05) is 6.07 Å². The topological polar surface area (TPSA) is 112 Å². The molecule has 1 aromatic carbocycles. The number of carboxylic acids is 1. The van der Waals surface area contributed by atoms with Gasteiger partial charge in [-0.25, -0.2) is 9.78 Å². The van der Waals surface area contributed by atoms with E-state index in [0.29, 0.717) is 0 Å². The third-order valence-electron chi connectivity index (χ3n) is 6.76. The molecule has 2 aliphatic rings. The van der Waals surface area contributed by atoms with Crippen LogP contribution >= 0.6 is 22.6 Å². The molecule has 0 radical (unpaired) electrons. The Kier molecular flexibility index (Phi) is 6.49. The van der Waals surface area contributed by atoms with E-state index >= 15 is 0 Å². The summed E-state index contributed by atoms with van der Waals surface area (Å²) in [4.78, 5) is 31.4. The van der Waals surface area contributed by atoms with Gasteiger partial charge in [0.2, 0.25) is 5.95 Å². The molecule has 2 aromatic heterocycles. The van der Waals surface area contributed by atoms with E-state index in [9.17, 15) is 9.90 Å². The van der Waals surface area contributed by atoms with Gasteiger partial charge < -0.3 is 25.5 Å². The Labute approximate surface area is 218 Å². The Morgan fingerprint density at radius 1 is 1.06 bits per heavy atom. The second-order valence-corrected chi connectivity index (χ2v) is 10.4. The first-order valence-corrected chi connectivity index (χ1v) is 12.9. The predicted octanol–water partition coefficient (Wildman–Crippen LogP) is 3.46. The Bertz CT molecular complexity index is 1260. The van der Waals surface area contributed by atoms with E-state index in [1.165, 1.54) is 17.3 Å². The first kappa shape index (κ1) is 23.7. The minimum absolute atomic E-state index is 0.0294. The quantitative estimate of drug-likeness (QED) is 0.270. The summed E-state index contributed by atoms with van der Waals surface area (Å²) in [5, 5.41) is 9.33. The molecular weight excluding hydrogens is 557 g/mol. The first-order chi connectivity index (χ1) is 16.8. The van der Waals surface area contributed by atoms with Gasteiger partial charge in [-0.1, -0.05) is 34.7 Å². The van der Waals surface area contributed by atoms with Gasteiger partial charge >= 0.3 is 5.97 Å². The lowest BCUT2D eigenvalue weighted by Crippen LogP contribution is -2.45. The highest BCUT2D eigenvalue weighted by Crippen LogP contribution is 2.42. The Morgan fingerprint density at radius 2 is 1.77 bits per heavy atom. The number of anilines is 3. The van der Waals surface area contributed by atoms with E-state index < -0.39 is 5.97 Å². The van der Waals surface area contributed by atoms with Crippen molar-refractivity contribution in [3.05, 3.63) is 59.4 Å². The van der Waals surface area contributed by atoms with E-state index in [-0.39, 0.29) is 21.7 Å². The van der Waals surface area contributed by atoms with Gasteiger partial charge in [0.15, 0.2) is 0 Å². The molecule has 0 spiro atoms. The van der Waals surface area contributed by atoms with Crippen molar-refractivity contribution in [2.75, 3.05) is 48.8 Å². The number of benzene rings is 1. The van der Waals surface area contributed by atoms with Crippen molar-refractivity contribution < 1.29 is 9.90 Å². The number of pyridine rings is 1. The number of hydrogen-bond donors (Lipinski definition) is 2. The van der Waals surface area contributed by atoms with Gasteiger partial charge in [-0.15, -0.1) is 0 Å². The summed E-state index contributed by atoms with van der Waals surface area (Å²) >= 11 is 2.46. The van der Waals surface area contributed by atoms with Crippen LogP contribution in [0, 0.1) is 0 Å². The number of carboxylic acid groups (broad SMARTS) is 1. The number of alkyl halides is 1. The molecule has 0 bridgehead atoms. The summed E-state index contributed by atoms with van der Waals surface area (Å²) in [5.74, 6) is 0.944. The van der Waals surface area contributed by atoms with Crippen LogP contribution in [0.25, 0.3) is 11.1 Å². The molecule has 2 atom stereocenters. The molecule has 1 fully saturated rings. The molecule has 0 aliphatic carbocycles. The van der Waals surface area contributed by atoms with E-state index in [2.05, 4.69) is 90.5 Å². The number of piperazine rings is 1. The fourth-order valence-corrected chi connectivity index (χ4v) is 6.22. The zero-order valence-corrected chi connectivity index (χ0v) is 21.9. The van der Waals surface area contributed by atoms with Crippen LogP contribution < -0.4 is 15.5 Å². The summed E-state index contributed by atoms with van der Waals surface area (Å²) in [6.07, 6.45) is 2.41. The average Bonchev–Trinajstić information content (AvgIpc) is 2.84.